The summed E-state index contributed by atoms with van der Waals surface area (Å²) < 4.78 is 0. The molecule has 1 atom stereocenters. The molecule has 2 aromatic carbocycles. The molecule has 3 rings (SSSR count). The molecule has 1 aliphatic heterocycles. The predicted molar refractivity (Wildman–Crippen MR) is 132 cm³/mol. The Morgan fingerprint density at radius 1 is 0.941 bits per heavy atom. The minimum atomic E-state index is -0.373. The van der Waals surface area contributed by atoms with Gasteiger partial charge in [-0.25, -0.2) is 0 Å². The van der Waals surface area contributed by atoms with Gasteiger partial charge in [0.1, 0.15) is 0 Å². The van der Waals surface area contributed by atoms with E-state index in [1.807, 2.05) is 6.92 Å². The Kier molecular flexibility index (Phi) is 8.79. The van der Waals surface area contributed by atoms with Crippen molar-refractivity contribution in [3.8, 4) is 0 Å². The fourth-order valence-electron chi connectivity index (χ4n) is 3.78. The first-order valence-corrected chi connectivity index (χ1v) is 11.8. The molecular formula is C26H32N4O4. The number of nitrogens with zero attached hydrogens (tertiary/aromatic N) is 1. The average Bonchev–Trinajstić information content (AvgIpc) is 3.22. The Morgan fingerprint density at radius 3 is 2.38 bits per heavy atom. The van der Waals surface area contributed by atoms with Gasteiger partial charge in [-0.15, -0.1) is 0 Å². The normalized spacial score (nSPS) is 15.2. The van der Waals surface area contributed by atoms with Gasteiger partial charge in [-0.2, -0.15) is 0 Å². The van der Waals surface area contributed by atoms with E-state index in [4.69, 9.17) is 0 Å². The topological polar surface area (TPSA) is 108 Å². The van der Waals surface area contributed by atoms with Crippen LogP contribution in [0, 0.1) is 5.92 Å². The number of amides is 4. The first kappa shape index (κ1) is 25.0. The molecule has 1 aliphatic rings. The van der Waals surface area contributed by atoms with Crippen molar-refractivity contribution >= 4 is 35.0 Å². The highest BCUT2D eigenvalue weighted by Crippen LogP contribution is 2.21. The van der Waals surface area contributed by atoms with Crippen LogP contribution >= 0.6 is 0 Å². The summed E-state index contributed by atoms with van der Waals surface area (Å²) in [5, 5.41) is 8.44. The molecule has 1 fully saturated rings. The van der Waals surface area contributed by atoms with Crippen LogP contribution in [0.2, 0.25) is 0 Å². The largest absolute Gasteiger partial charge is 0.352 e. The van der Waals surface area contributed by atoms with Crippen molar-refractivity contribution < 1.29 is 19.2 Å². The van der Waals surface area contributed by atoms with Crippen molar-refractivity contribution in [2.75, 3.05) is 30.3 Å². The SMILES string of the molecule is CCCCN1C[C@H](C(=O)Nc2ccc(C(=O)Nc3ccccc3C(=O)NCCC)cc2)CC1=O. The second-order valence-electron chi connectivity index (χ2n) is 8.42. The summed E-state index contributed by atoms with van der Waals surface area (Å²) in [5.74, 6) is -1.15. The minimum absolute atomic E-state index is 0.0178. The number of carbonyl (C=O) groups is 4. The van der Waals surface area contributed by atoms with E-state index in [1.54, 1.807) is 53.4 Å². The molecule has 1 heterocycles. The van der Waals surface area contributed by atoms with Gasteiger partial charge in [-0.05, 0) is 49.2 Å². The lowest BCUT2D eigenvalue weighted by Crippen LogP contribution is -2.29. The van der Waals surface area contributed by atoms with Gasteiger partial charge in [0.2, 0.25) is 11.8 Å². The summed E-state index contributed by atoms with van der Waals surface area (Å²) in [4.78, 5) is 51.6. The fraction of sp³-hybridized carbons (Fsp3) is 0.385. The van der Waals surface area contributed by atoms with Crippen LogP contribution < -0.4 is 16.0 Å². The Balaban J connectivity index is 1.59. The summed E-state index contributed by atoms with van der Waals surface area (Å²) in [6.45, 7) is 5.72. The number of rotatable bonds is 10. The second kappa shape index (κ2) is 12.0. The van der Waals surface area contributed by atoms with E-state index in [9.17, 15) is 19.2 Å². The van der Waals surface area contributed by atoms with Gasteiger partial charge in [-0.3, -0.25) is 19.2 Å². The Labute approximate surface area is 200 Å². The number of likely N-dealkylation sites (tertiary alicyclic amines) is 1. The van der Waals surface area contributed by atoms with Gasteiger partial charge in [0.15, 0.2) is 0 Å². The first-order chi connectivity index (χ1) is 16.4. The lowest BCUT2D eigenvalue weighted by molar-refractivity contribution is -0.128. The van der Waals surface area contributed by atoms with E-state index in [0.29, 0.717) is 42.1 Å². The van der Waals surface area contributed by atoms with Crippen molar-refractivity contribution in [3.05, 3.63) is 59.7 Å². The second-order valence-corrected chi connectivity index (χ2v) is 8.42. The number of nitrogens with one attached hydrogen (secondary N) is 3. The number of benzene rings is 2. The number of hydrogen-bond acceptors (Lipinski definition) is 4. The van der Waals surface area contributed by atoms with Crippen LogP contribution in [0.3, 0.4) is 0 Å². The maximum Gasteiger partial charge on any atom is 0.255 e. The van der Waals surface area contributed by atoms with E-state index in [-0.39, 0.29) is 36.0 Å². The zero-order valence-corrected chi connectivity index (χ0v) is 19.7. The van der Waals surface area contributed by atoms with Crippen molar-refractivity contribution in [1.29, 1.82) is 0 Å². The molecule has 8 nitrogen and oxygen atoms in total. The van der Waals surface area contributed by atoms with Gasteiger partial charge < -0.3 is 20.9 Å². The third kappa shape index (κ3) is 6.43. The van der Waals surface area contributed by atoms with Crippen LogP contribution in [0.4, 0.5) is 11.4 Å². The number of carbonyl (C=O) groups excluding carboxylic acids is 4. The highest BCUT2D eigenvalue weighted by molar-refractivity contribution is 6.09. The average molecular weight is 465 g/mol. The van der Waals surface area contributed by atoms with E-state index in [2.05, 4.69) is 22.9 Å². The minimum Gasteiger partial charge on any atom is -0.352 e. The molecule has 0 spiro atoms. The smallest absolute Gasteiger partial charge is 0.255 e. The van der Waals surface area contributed by atoms with Gasteiger partial charge in [-0.1, -0.05) is 32.4 Å². The van der Waals surface area contributed by atoms with Gasteiger partial charge in [0, 0.05) is 37.3 Å². The molecule has 180 valence electrons. The summed E-state index contributed by atoms with van der Waals surface area (Å²) in [6.07, 6.45) is 2.97. The Bertz CT molecular complexity index is 1040. The maximum absolute atomic E-state index is 12.7. The lowest BCUT2D eigenvalue weighted by Gasteiger charge is -2.16. The van der Waals surface area contributed by atoms with Crippen LogP contribution in [-0.2, 0) is 9.59 Å². The molecule has 3 N–H and O–H groups in total. The van der Waals surface area contributed by atoms with Crippen LogP contribution in [0.5, 0.6) is 0 Å². The molecule has 34 heavy (non-hydrogen) atoms. The monoisotopic (exact) mass is 464 g/mol. The Morgan fingerprint density at radius 2 is 1.68 bits per heavy atom. The van der Waals surface area contributed by atoms with Crippen molar-refractivity contribution in [1.82, 2.24) is 10.2 Å². The standard InChI is InChI=1S/C26H32N4O4/c1-3-5-15-30-17-19(16-23(30)31)25(33)28-20-12-10-18(11-13-20)24(32)29-22-9-7-6-8-21(22)26(34)27-14-4-2/h6-13,19H,3-5,14-17H2,1-2H3,(H,27,34)(H,28,33)(H,29,32)/t19-/m1/s1. The molecule has 4 amide bonds. The summed E-state index contributed by atoms with van der Waals surface area (Å²) >= 11 is 0. The van der Waals surface area contributed by atoms with E-state index >= 15 is 0 Å². The van der Waals surface area contributed by atoms with Gasteiger partial charge in [0.05, 0.1) is 17.2 Å². The van der Waals surface area contributed by atoms with Crippen molar-refractivity contribution in [2.45, 2.75) is 39.5 Å². The number of unbranched alkanes of at least 4 members (excludes halogenated alkanes) is 1. The highest BCUT2D eigenvalue weighted by atomic mass is 16.2. The summed E-state index contributed by atoms with van der Waals surface area (Å²) in [7, 11) is 0. The van der Waals surface area contributed by atoms with E-state index < -0.39 is 0 Å². The molecule has 0 radical (unpaired) electrons. The molecule has 0 bridgehead atoms. The number of para-hydroxylation sites is 1. The lowest BCUT2D eigenvalue weighted by atomic mass is 10.1. The fourth-order valence-corrected chi connectivity index (χ4v) is 3.78. The number of anilines is 2. The van der Waals surface area contributed by atoms with Gasteiger partial charge in [0.25, 0.3) is 11.8 Å². The maximum atomic E-state index is 12.7. The third-order valence-electron chi connectivity index (χ3n) is 5.74. The van der Waals surface area contributed by atoms with Crippen molar-refractivity contribution in [3.63, 3.8) is 0 Å². The molecule has 0 aliphatic carbocycles. The van der Waals surface area contributed by atoms with Crippen LogP contribution in [-0.4, -0.2) is 48.2 Å². The number of hydrogen-bond donors (Lipinski definition) is 3. The Hall–Kier alpha value is -3.68. The van der Waals surface area contributed by atoms with Crippen LogP contribution in [0.25, 0.3) is 0 Å². The van der Waals surface area contributed by atoms with Crippen LogP contribution in [0.1, 0.15) is 60.2 Å². The molecule has 0 aromatic heterocycles. The van der Waals surface area contributed by atoms with Crippen LogP contribution in [0.15, 0.2) is 48.5 Å². The molecular weight excluding hydrogens is 432 g/mol. The van der Waals surface area contributed by atoms with Crippen molar-refractivity contribution in [2.24, 2.45) is 5.92 Å². The quantitative estimate of drug-likeness (QED) is 0.499. The predicted octanol–water partition coefficient (Wildman–Crippen LogP) is 3.67. The zero-order chi connectivity index (χ0) is 24.5. The van der Waals surface area contributed by atoms with E-state index in [1.165, 1.54) is 0 Å². The first-order valence-electron chi connectivity index (χ1n) is 11.8. The molecule has 0 saturated carbocycles. The summed E-state index contributed by atoms with van der Waals surface area (Å²) in [5.41, 5.74) is 1.77. The summed E-state index contributed by atoms with van der Waals surface area (Å²) in [6, 6.07) is 13.4. The van der Waals surface area contributed by atoms with Gasteiger partial charge >= 0.3 is 0 Å². The highest BCUT2D eigenvalue weighted by Gasteiger charge is 2.33. The molecule has 0 unspecified atom stereocenters. The third-order valence-corrected chi connectivity index (χ3v) is 5.74. The zero-order valence-electron chi connectivity index (χ0n) is 19.7. The molecule has 2 aromatic rings. The van der Waals surface area contributed by atoms with E-state index in [0.717, 1.165) is 19.3 Å². The molecule has 8 heteroatoms. The molecule has 1 saturated heterocycles.